The minimum atomic E-state index is -0.106. The zero-order valence-corrected chi connectivity index (χ0v) is 16.8. The van der Waals surface area contributed by atoms with Crippen LogP contribution < -0.4 is 15.4 Å². The molecule has 150 valence electrons. The van der Waals surface area contributed by atoms with Gasteiger partial charge in [-0.15, -0.1) is 0 Å². The van der Waals surface area contributed by atoms with E-state index < -0.39 is 0 Å². The van der Waals surface area contributed by atoms with Gasteiger partial charge in [-0.2, -0.15) is 5.10 Å². The molecule has 1 amide bonds. The number of piperidine rings is 1. The van der Waals surface area contributed by atoms with Crippen molar-refractivity contribution in [1.29, 1.82) is 0 Å². The van der Waals surface area contributed by atoms with Gasteiger partial charge in [0, 0.05) is 24.3 Å². The van der Waals surface area contributed by atoms with E-state index in [0.717, 1.165) is 36.5 Å². The summed E-state index contributed by atoms with van der Waals surface area (Å²) in [5.74, 6) is 1.06. The van der Waals surface area contributed by atoms with E-state index >= 15 is 0 Å². The van der Waals surface area contributed by atoms with Crippen LogP contribution in [0.15, 0.2) is 60.8 Å². The second-order valence-corrected chi connectivity index (χ2v) is 7.45. The Morgan fingerprint density at radius 3 is 2.79 bits per heavy atom. The number of amides is 1. The Bertz CT molecular complexity index is 984. The molecule has 0 spiro atoms. The molecule has 1 aromatic heterocycles. The van der Waals surface area contributed by atoms with Gasteiger partial charge in [-0.3, -0.25) is 4.79 Å². The highest BCUT2D eigenvalue weighted by Gasteiger charge is 2.26. The van der Waals surface area contributed by atoms with Crippen molar-refractivity contribution in [2.45, 2.75) is 19.4 Å². The highest BCUT2D eigenvalue weighted by atomic mass is 16.5. The van der Waals surface area contributed by atoms with Gasteiger partial charge in [0.2, 0.25) is 0 Å². The summed E-state index contributed by atoms with van der Waals surface area (Å²) >= 11 is 0. The Morgan fingerprint density at radius 2 is 2.03 bits per heavy atom. The Balaban J connectivity index is 1.72. The van der Waals surface area contributed by atoms with Gasteiger partial charge < -0.3 is 15.4 Å². The molecule has 3 aromatic rings. The first kappa shape index (κ1) is 19.2. The van der Waals surface area contributed by atoms with Crippen LogP contribution in [0.4, 0.5) is 0 Å². The summed E-state index contributed by atoms with van der Waals surface area (Å²) in [7, 11) is 1.63. The number of methoxy groups -OCH3 is 1. The molecular formula is C23H26N4O2. The van der Waals surface area contributed by atoms with Gasteiger partial charge >= 0.3 is 0 Å². The molecule has 0 bridgehead atoms. The maximum atomic E-state index is 13.2. The van der Waals surface area contributed by atoms with Crippen LogP contribution in [-0.2, 0) is 0 Å². The number of benzene rings is 2. The fourth-order valence-corrected chi connectivity index (χ4v) is 3.67. The quantitative estimate of drug-likeness (QED) is 0.702. The molecule has 2 N–H and O–H groups in total. The molecule has 2 aromatic carbocycles. The predicted octanol–water partition coefficient (Wildman–Crippen LogP) is 3.28. The van der Waals surface area contributed by atoms with E-state index in [9.17, 15) is 4.79 Å². The zero-order valence-electron chi connectivity index (χ0n) is 16.8. The minimum Gasteiger partial charge on any atom is -0.497 e. The number of carbonyl (C=O) groups is 1. The number of rotatable bonds is 5. The molecule has 29 heavy (non-hydrogen) atoms. The number of para-hydroxylation sites is 1. The fraction of sp³-hybridized carbons (Fsp3) is 0.304. The lowest BCUT2D eigenvalue weighted by atomic mass is 9.94. The van der Waals surface area contributed by atoms with Crippen molar-refractivity contribution in [3.05, 3.63) is 66.4 Å². The summed E-state index contributed by atoms with van der Waals surface area (Å²) in [6.07, 6.45) is 2.86. The van der Waals surface area contributed by atoms with E-state index in [0.29, 0.717) is 17.2 Å². The second-order valence-electron chi connectivity index (χ2n) is 7.45. The smallest absolute Gasteiger partial charge is 0.255 e. The lowest BCUT2D eigenvalue weighted by Crippen LogP contribution is -2.50. The fourth-order valence-electron chi connectivity index (χ4n) is 3.67. The topological polar surface area (TPSA) is 68.2 Å². The molecule has 0 radical (unpaired) electrons. The number of nitrogens with zero attached hydrogens (tertiary/aromatic N) is 2. The second kappa shape index (κ2) is 8.49. The molecule has 2 heterocycles. The lowest BCUT2D eigenvalue weighted by Gasteiger charge is -2.30. The Hall–Kier alpha value is -3.12. The van der Waals surface area contributed by atoms with Crippen LogP contribution in [0, 0.1) is 5.92 Å². The van der Waals surface area contributed by atoms with E-state index in [1.807, 2.05) is 54.6 Å². The highest BCUT2D eigenvalue weighted by molar-refractivity contribution is 6.00. The minimum absolute atomic E-state index is 0.106. The van der Waals surface area contributed by atoms with Crippen LogP contribution in [0.5, 0.6) is 5.75 Å². The summed E-state index contributed by atoms with van der Waals surface area (Å²) in [6.45, 7) is 3.96. The number of carbonyl (C=O) groups excluding carboxylic acids is 1. The number of hydrogen-bond acceptors (Lipinski definition) is 4. The first-order valence-electron chi connectivity index (χ1n) is 9.97. The third-order valence-electron chi connectivity index (χ3n) is 5.47. The maximum absolute atomic E-state index is 13.2. The van der Waals surface area contributed by atoms with Gasteiger partial charge in [-0.05, 0) is 43.1 Å². The first-order chi connectivity index (χ1) is 14.2. The number of aromatic nitrogens is 2. The molecule has 0 saturated carbocycles. The molecule has 1 fully saturated rings. The van der Waals surface area contributed by atoms with Crippen molar-refractivity contribution in [1.82, 2.24) is 20.4 Å². The van der Waals surface area contributed by atoms with Crippen LogP contribution in [0.3, 0.4) is 0 Å². The molecule has 6 heteroatoms. The molecular weight excluding hydrogens is 364 g/mol. The number of nitrogens with one attached hydrogen (secondary N) is 2. The Morgan fingerprint density at radius 1 is 1.21 bits per heavy atom. The van der Waals surface area contributed by atoms with Crippen molar-refractivity contribution in [2.75, 3.05) is 20.2 Å². The van der Waals surface area contributed by atoms with E-state index in [1.54, 1.807) is 18.0 Å². The molecule has 1 saturated heterocycles. The van der Waals surface area contributed by atoms with Gasteiger partial charge in [0.15, 0.2) is 0 Å². The summed E-state index contributed by atoms with van der Waals surface area (Å²) in [5.41, 5.74) is 2.95. The van der Waals surface area contributed by atoms with E-state index in [-0.39, 0.29) is 11.9 Å². The largest absolute Gasteiger partial charge is 0.497 e. The Labute approximate surface area is 170 Å². The van der Waals surface area contributed by atoms with Crippen LogP contribution in [0.1, 0.15) is 23.7 Å². The zero-order chi connectivity index (χ0) is 20.2. The molecule has 1 aliphatic rings. The molecule has 2 unspecified atom stereocenters. The van der Waals surface area contributed by atoms with E-state index in [4.69, 9.17) is 9.84 Å². The average Bonchev–Trinajstić information content (AvgIpc) is 3.22. The number of hydrogen-bond donors (Lipinski definition) is 2. The van der Waals surface area contributed by atoms with Crippen LogP contribution in [0.2, 0.25) is 0 Å². The summed E-state index contributed by atoms with van der Waals surface area (Å²) in [5, 5.41) is 11.3. The lowest BCUT2D eigenvalue weighted by molar-refractivity contribution is 0.0916. The molecule has 2 atom stereocenters. The van der Waals surface area contributed by atoms with Gasteiger partial charge in [-0.25, -0.2) is 4.68 Å². The van der Waals surface area contributed by atoms with Crippen LogP contribution in [0.25, 0.3) is 16.9 Å². The third-order valence-corrected chi connectivity index (χ3v) is 5.47. The third kappa shape index (κ3) is 4.17. The summed E-state index contributed by atoms with van der Waals surface area (Å²) in [4.78, 5) is 13.2. The normalized spacial score (nSPS) is 19.0. The molecule has 1 aliphatic heterocycles. The molecule has 4 rings (SSSR count). The monoisotopic (exact) mass is 390 g/mol. The van der Waals surface area contributed by atoms with Crippen molar-refractivity contribution in [3.63, 3.8) is 0 Å². The Kier molecular flexibility index (Phi) is 5.62. The van der Waals surface area contributed by atoms with Crippen LogP contribution >= 0.6 is 0 Å². The summed E-state index contributed by atoms with van der Waals surface area (Å²) in [6, 6.07) is 17.6. The van der Waals surface area contributed by atoms with Crippen LogP contribution in [-0.4, -0.2) is 41.9 Å². The first-order valence-corrected chi connectivity index (χ1v) is 9.97. The van der Waals surface area contributed by atoms with Crippen molar-refractivity contribution < 1.29 is 9.53 Å². The van der Waals surface area contributed by atoms with Gasteiger partial charge in [0.25, 0.3) is 5.91 Å². The van der Waals surface area contributed by atoms with Crippen molar-refractivity contribution >= 4 is 5.91 Å². The molecule has 6 nitrogen and oxygen atoms in total. The van der Waals surface area contributed by atoms with Gasteiger partial charge in [0.1, 0.15) is 11.4 Å². The standard InChI is InChI=1S/C23H26N4O2/c1-16-11-12-24-14-21(16)25-23(28)20-15-27(18-8-4-3-5-9-18)26-22(20)17-7-6-10-19(13-17)29-2/h3-10,13,15-16,21,24H,11-12,14H2,1-2H3,(H,25,28). The molecule has 0 aliphatic carbocycles. The maximum Gasteiger partial charge on any atom is 0.255 e. The van der Waals surface area contributed by atoms with Gasteiger partial charge in [0.05, 0.1) is 18.4 Å². The highest BCUT2D eigenvalue weighted by Crippen LogP contribution is 2.27. The summed E-state index contributed by atoms with van der Waals surface area (Å²) < 4.78 is 7.12. The number of ether oxygens (including phenoxy) is 1. The van der Waals surface area contributed by atoms with E-state index in [1.165, 1.54) is 0 Å². The SMILES string of the molecule is COc1cccc(-c2nn(-c3ccccc3)cc2C(=O)NC2CNCCC2C)c1. The van der Waals surface area contributed by atoms with Crippen molar-refractivity contribution in [2.24, 2.45) is 5.92 Å². The van der Waals surface area contributed by atoms with Gasteiger partial charge in [-0.1, -0.05) is 37.3 Å². The predicted molar refractivity (Wildman–Crippen MR) is 113 cm³/mol. The average molecular weight is 390 g/mol. The van der Waals surface area contributed by atoms with Crippen molar-refractivity contribution in [3.8, 4) is 22.7 Å². The van der Waals surface area contributed by atoms with E-state index in [2.05, 4.69) is 17.6 Å².